The topological polar surface area (TPSA) is 84.9 Å². The minimum Gasteiger partial charge on any atom is -0.492 e. The highest BCUT2D eigenvalue weighted by atomic mass is 32.2. The highest BCUT2D eigenvalue weighted by Crippen LogP contribution is 2.38. The van der Waals surface area contributed by atoms with E-state index in [4.69, 9.17) is 9.47 Å². The van der Waals surface area contributed by atoms with Gasteiger partial charge in [0.15, 0.2) is 6.10 Å². The number of aryl methyl sites for hydroxylation is 2. The number of sulfonamides is 1. The standard InChI is InChI=1S/C24H32N2O5S/c1-16-7-9-19(13-17(16)2)30-12-11-25-23(27)22-15-26(32(6,28)29)20-14-18(24(3,4)5)8-10-21(20)31-22/h7-10,13-14,22H,11-12,15H2,1-6H3,(H,25,27)/t22-/m1/s1. The SMILES string of the molecule is Cc1ccc(OCCNC(=O)[C@H]2CN(S(C)(=O)=O)c3cc(C(C)(C)C)ccc3O2)cc1C. The van der Waals surface area contributed by atoms with Gasteiger partial charge < -0.3 is 14.8 Å². The molecule has 0 fully saturated rings. The first-order chi connectivity index (χ1) is 14.9. The molecule has 1 atom stereocenters. The zero-order valence-corrected chi connectivity index (χ0v) is 20.4. The number of benzene rings is 2. The van der Waals surface area contributed by atoms with Crippen molar-refractivity contribution in [2.24, 2.45) is 0 Å². The molecule has 0 saturated heterocycles. The van der Waals surface area contributed by atoms with Gasteiger partial charge in [-0.25, -0.2) is 8.42 Å². The summed E-state index contributed by atoms with van der Waals surface area (Å²) < 4.78 is 37.7. The Balaban J connectivity index is 1.67. The molecule has 1 aliphatic rings. The van der Waals surface area contributed by atoms with E-state index in [0.717, 1.165) is 23.1 Å². The highest BCUT2D eigenvalue weighted by molar-refractivity contribution is 7.92. The number of nitrogens with zero attached hydrogens (tertiary/aromatic N) is 1. The van der Waals surface area contributed by atoms with E-state index in [1.54, 1.807) is 6.07 Å². The van der Waals surface area contributed by atoms with Crippen LogP contribution in [0.4, 0.5) is 5.69 Å². The lowest BCUT2D eigenvalue weighted by Crippen LogP contribution is -2.51. The molecule has 0 bridgehead atoms. The zero-order chi connectivity index (χ0) is 23.7. The molecule has 1 aliphatic heterocycles. The van der Waals surface area contributed by atoms with Crippen LogP contribution in [-0.2, 0) is 20.2 Å². The van der Waals surface area contributed by atoms with Crippen LogP contribution in [0.3, 0.4) is 0 Å². The third kappa shape index (κ3) is 5.54. The number of hydrogen-bond donors (Lipinski definition) is 1. The molecule has 0 radical (unpaired) electrons. The van der Waals surface area contributed by atoms with Gasteiger partial charge in [0, 0.05) is 0 Å². The van der Waals surface area contributed by atoms with Crippen molar-refractivity contribution < 1.29 is 22.7 Å². The number of rotatable bonds is 6. The molecule has 1 heterocycles. The van der Waals surface area contributed by atoms with E-state index in [0.29, 0.717) is 18.0 Å². The van der Waals surface area contributed by atoms with Crippen molar-refractivity contribution in [3.05, 3.63) is 53.1 Å². The van der Waals surface area contributed by atoms with Gasteiger partial charge in [-0.2, -0.15) is 0 Å². The van der Waals surface area contributed by atoms with Crippen LogP contribution in [0.1, 0.15) is 37.5 Å². The lowest BCUT2D eigenvalue weighted by Gasteiger charge is -2.35. The fraction of sp³-hybridized carbons (Fsp3) is 0.458. The molecular weight excluding hydrogens is 428 g/mol. The van der Waals surface area contributed by atoms with Crippen LogP contribution in [0, 0.1) is 13.8 Å². The normalized spacial score (nSPS) is 16.2. The largest absolute Gasteiger partial charge is 0.492 e. The van der Waals surface area contributed by atoms with Crippen LogP contribution < -0.4 is 19.1 Å². The summed E-state index contributed by atoms with van der Waals surface area (Å²) in [5.41, 5.74) is 3.62. The summed E-state index contributed by atoms with van der Waals surface area (Å²) in [6, 6.07) is 11.3. The molecule has 0 aliphatic carbocycles. The summed E-state index contributed by atoms with van der Waals surface area (Å²) in [4.78, 5) is 12.7. The van der Waals surface area contributed by atoms with Gasteiger partial charge in [-0.1, -0.05) is 32.9 Å². The minimum atomic E-state index is -3.59. The van der Waals surface area contributed by atoms with Gasteiger partial charge >= 0.3 is 0 Å². The quantitative estimate of drug-likeness (QED) is 0.669. The minimum absolute atomic E-state index is 0.0801. The van der Waals surface area contributed by atoms with Gasteiger partial charge in [0.1, 0.15) is 18.1 Å². The first-order valence-electron chi connectivity index (χ1n) is 10.6. The van der Waals surface area contributed by atoms with Crippen molar-refractivity contribution in [2.75, 3.05) is 30.3 Å². The number of hydrogen-bond acceptors (Lipinski definition) is 5. The molecule has 174 valence electrons. The van der Waals surface area contributed by atoms with Crippen LogP contribution in [0.5, 0.6) is 11.5 Å². The summed E-state index contributed by atoms with van der Waals surface area (Å²) in [6.45, 7) is 10.7. The monoisotopic (exact) mass is 460 g/mol. The number of amides is 1. The number of fused-ring (bicyclic) bond motifs is 1. The highest BCUT2D eigenvalue weighted by Gasteiger charge is 2.35. The molecule has 0 unspecified atom stereocenters. The van der Waals surface area contributed by atoms with Gasteiger partial charge in [-0.05, 0) is 60.2 Å². The van der Waals surface area contributed by atoms with E-state index in [9.17, 15) is 13.2 Å². The Hall–Kier alpha value is -2.74. The van der Waals surface area contributed by atoms with Gasteiger partial charge in [0.05, 0.1) is 25.0 Å². The van der Waals surface area contributed by atoms with E-state index in [2.05, 4.69) is 26.1 Å². The van der Waals surface area contributed by atoms with Crippen LogP contribution in [0.2, 0.25) is 0 Å². The zero-order valence-electron chi connectivity index (χ0n) is 19.6. The Morgan fingerprint density at radius 2 is 1.88 bits per heavy atom. The smallest absolute Gasteiger partial charge is 0.263 e. The first kappa shape index (κ1) is 23.9. The molecule has 3 rings (SSSR count). The second kappa shape index (κ2) is 9.02. The number of ether oxygens (including phenoxy) is 2. The third-order valence-electron chi connectivity index (χ3n) is 5.54. The summed E-state index contributed by atoms with van der Waals surface area (Å²) in [7, 11) is -3.59. The summed E-state index contributed by atoms with van der Waals surface area (Å²) in [5, 5.41) is 2.78. The van der Waals surface area contributed by atoms with Crippen molar-refractivity contribution >= 4 is 21.6 Å². The Morgan fingerprint density at radius 1 is 1.16 bits per heavy atom. The van der Waals surface area contributed by atoms with E-state index < -0.39 is 16.1 Å². The molecule has 0 spiro atoms. The second-order valence-electron chi connectivity index (χ2n) is 9.22. The number of anilines is 1. The number of carbonyl (C=O) groups excluding carboxylic acids is 1. The van der Waals surface area contributed by atoms with Crippen molar-refractivity contribution in [2.45, 2.75) is 46.1 Å². The van der Waals surface area contributed by atoms with Crippen LogP contribution >= 0.6 is 0 Å². The van der Waals surface area contributed by atoms with Crippen molar-refractivity contribution in [3.63, 3.8) is 0 Å². The molecular formula is C24H32N2O5S. The Labute approximate surface area is 190 Å². The van der Waals surface area contributed by atoms with Gasteiger partial charge in [-0.15, -0.1) is 0 Å². The number of carbonyl (C=O) groups is 1. The van der Waals surface area contributed by atoms with Crippen LogP contribution in [-0.4, -0.2) is 46.4 Å². The Morgan fingerprint density at radius 3 is 2.50 bits per heavy atom. The lowest BCUT2D eigenvalue weighted by molar-refractivity contribution is -0.127. The molecule has 2 aromatic carbocycles. The van der Waals surface area contributed by atoms with Gasteiger partial charge in [0.2, 0.25) is 10.0 Å². The predicted molar refractivity (Wildman–Crippen MR) is 126 cm³/mol. The molecule has 2 aromatic rings. The van der Waals surface area contributed by atoms with Gasteiger partial charge in [-0.3, -0.25) is 9.10 Å². The van der Waals surface area contributed by atoms with Crippen LogP contribution in [0.25, 0.3) is 0 Å². The van der Waals surface area contributed by atoms with Crippen molar-refractivity contribution in [3.8, 4) is 11.5 Å². The van der Waals surface area contributed by atoms with E-state index in [1.165, 1.54) is 9.87 Å². The van der Waals surface area contributed by atoms with Gasteiger partial charge in [0.25, 0.3) is 5.91 Å². The summed E-state index contributed by atoms with van der Waals surface area (Å²) in [5.74, 6) is 0.734. The van der Waals surface area contributed by atoms with E-state index in [1.807, 2.05) is 44.2 Å². The Bertz CT molecular complexity index is 1110. The maximum absolute atomic E-state index is 12.7. The third-order valence-corrected chi connectivity index (χ3v) is 6.68. The predicted octanol–water partition coefficient (Wildman–Crippen LogP) is 3.32. The molecule has 0 saturated carbocycles. The van der Waals surface area contributed by atoms with Crippen molar-refractivity contribution in [1.82, 2.24) is 5.32 Å². The Kier molecular flexibility index (Phi) is 6.74. The number of nitrogens with one attached hydrogen (secondary N) is 1. The molecule has 32 heavy (non-hydrogen) atoms. The molecule has 7 nitrogen and oxygen atoms in total. The van der Waals surface area contributed by atoms with E-state index in [-0.39, 0.29) is 24.4 Å². The average molecular weight is 461 g/mol. The fourth-order valence-corrected chi connectivity index (χ4v) is 4.34. The first-order valence-corrected chi connectivity index (χ1v) is 12.5. The molecule has 1 amide bonds. The maximum atomic E-state index is 12.7. The van der Waals surface area contributed by atoms with Crippen molar-refractivity contribution in [1.29, 1.82) is 0 Å². The van der Waals surface area contributed by atoms with E-state index >= 15 is 0 Å². The fourth-order valence-electron chi connectivity index (χ4n) is 3.43. The van der Waals surface area contributed by atoms with Crippen LogP contribution in [0.15, 0.2) is 36.4 Å². The second-order valence-corrected chi connectivity index (χ2v) is 11.1. The summed E-state index contributed by atoms with van der Waals surface area (Å²) >= 11 is 0. The molecule has 0 aromatic heterocycles. The molecule has 8 heteroatoms. The lowest BCUT2D eigenvalue weighted by atomic mass is 9.86. The average Bonchev–Trinajstić information content (AvgIpc) is 2.70. The summed E-state index contributed by atoms with van der Waals surface area (Å²) in [6.07, 6.45) is 0.192. The maximum Gasteiger partial charge on any atom is 0.263 e. The molecule has 1 N–H and O–H groups in total.